The van der Waals surface area contributed by atoms with Crippen molar-refractivity contribution in [1.29, 1.82) is 0 Å². The van der Waals surface area contributed by atoms with Gasteiger partial charge in [0.2, 0.25) is 5.89 Å². The Morgan fingerprint density at radius 3 is 2.56 bits per heavy atom. The zero-order valence-electron chi connectivity index (χ0n) is 10.4. The number of hydrogen-bond acceptors (Lipinski definition) is 4. The lowest BCUT2D eigenvalue weighted by molar-refractivity contribution is 0.221. The average molecular weight is 223 g/mol. The fourth-order valence-corrected chi connectivity index (χ4v) is 2.02. The van der Waals surface area contributed by atoms with Gasteiger partial charge in [0.25, 0.3) is 0 Å². The molecule has 1 aliphatic rings. The Morgan fingerprint density at radius 2 is 2.06 bits per heavy atom. The van der Waals surface area contributed by atoms with Crippen molar-refractivity contribution in [3.8, 4) is 0 Å². The van der Waals surface area contributed by atoms with E-state index in [4.69, 9.17) is 10.3 Å². The molecule has 2 rings (SSSR count). The molecule has 0 amide bonds. The minimum Gasteiger partial charge on any atom is -0.339 e. The van der Waals surface area contributed by atoms with Crippen LogP contribution in [-0.4, -0.2) is 15.7 Å². The smallest absolute Gasteiger partial charge is 0.228 e. The van der Waals surface area contributed by atoms with Gasteiger partial charge in [-0.3, -0.25) is 0 Å². The van der Waals surface area contributed by atoms with Crippen LogP contribution in [-0.2, 0) is 12.8 Å². The van der Waals surface area contributed by atoms with Crippen molar-refractivity contribution in [3.63, 3.8) is 0 Å². The van der Waals surface area contributed by atoms with Crippen LogP contribution in [0.1, 0.15) is 51.7 Å². The van der Waals surface area contributed by atoms with Gasteiger partial charge in [-0.2, -0.15) is 4.98 Å². The topological polar surface area (TPSA) is 64.9 Å². The highest BCUT2D eigenvalue weighted by Crippen LogP contribution is 2.32. The molecule has 90 valence electrons. The van der Waals surface area contributed by atoms with E-state index in [1.807, 2.05) is 0 Å². The lowest BCUT2D eigenvalue weighted by Gasteiger charge is -2.36. The van der Waals surface area contributed by atoms with Gasteiger partial charge < -0.3 is 10.3 Å². The lowest BCUT2D eigenvalue weighted by atomic mass is 9.75. The van der Waals surface area contributed by atoms with E-state index in [0.29, 0.717) is 5.89 Å². The summed E-state index contributed by atoms with van der Waals surface area (Å²) in [6, 6.07) is 0. The van der Waals surface area contributed by atoms with Crippen molar-refractivity contribution >= 4 is 0 Å². The third-order valence-corrected chi connectivity index (χ3v) is 3.05. The van der Waals surface area contributed by atoms with Gasteiger partial charge in [-0.25, -0.2) is 0 Å². The second kappa shape index (κ2) is 3.84. The van der Waals surface area contributed by atoms with E-state index >= 15 is 0 Å². The highest BCUT2D eigenvalue weighted by atomic mass is 16.5. The fourth-order valence-electron chi connectivity index (χ4n) is 2.02. The summed E-state index contributed by atoms with van der Waals surface area (Å²) in [6.45, 7) is 6.50. The molecule has 1 aliphatic carbocycles. The SMILES string of the molecule is CC(C)(C)Cc1noc(CC2(N)CCC2)n1. The Morgan fingerprint density at radius 1 is 1.38 bits per heavy atom. The largest absolute Gasteiger partial charge is 0.339 e. The maximum Gasteiger partial charge on any atom is 0.228 e. The van der Waals surface area contributed by atoms with Crippen LogP contribution in [0.4, 0.5) is 0 Å². The Balaban J connectivity index is 1.97. The summed E-state index contributed by atoms with van der Waals surface area (Å²) in [6.07, 6.45) is 4.94. The van der Waals surface area contributed by atoms with Gasteiger partial charge in [0.1, 0.15) is 0 Å². The van der Waals surface area contributed by atoms with Gasteiger partial charge in [0.05, 0.1) is 0 Å². The van der Waals surface area contributed by atoms with Gasteiger partial charge in [0.15, 0.2) is 5.82 Å². The maximum absolute atomic E-state index is 6.14. The van der Waals surface area contributed by atoms with Crippen molar-refractivity contribution < 1.29 is 4.52 Å². The highest BCUT2D eigenvalue weighted by Gasteiger charge is 2.34. The maximum atomic E-state index is 6.14. The first kappa shape index (κ1) is 11.6. The van der Waals surface area contributed by atoms with Crippen molar-refractivity contribution in [3.05, 3.63) is 11.7 Å². The number of rotatable bonds is 3. The molecule has 0 aromatic carbocycles. The molecule has 1 fully saturated rings. The molecule has 1 saturated carbocycles. The van der Waals surface area contributed by atoms with Gasteiger partial charge >= 0.3 is 0 Å². The van der Waals surface area contributed by atoms with E-state index in [0.717, 1.165) is 31.5 Å². The third kappa shape index (κ3) is 2.82. The minimum absolute atomic E-state index is 0.0778. The fraction of sp³-hybridized carbons (Fsp3) is 0.833. The summed E-state index contributed by atoms with van der Waals surface area (Å²) in [5.74, 6) is 1.49. The Hall–Kier alpha value is -0.900. The van der Waals surface area contributed by atoms with E-state index in [9.17, 15) is 0 Å². The standard InChI is InChI=1S/C12H21N3O/c1-11(2,3)7-9-14-10(16-15-9)8-12(13)5-4-6-12/h4-8,13H2,1-3H3. The minimum atomic E-state index is -0.0778. The van der Waals surface area contributed by atoms with Crippen LogP contribution in [0, 0.1) is 5.41 Å². The van der Waals surface area contributed by atoms with Crippen LogP contribution in [0.5, 0.6) is 0 Å². The summed E-state index contributed by atoms with van der Waals surface area (Å²) in [4.78, 5) is 4.40. The molecule has 0 bridgehead atoms. The summed E-state index contributed by atoms with van der Waals surface area (Å²) < 4.78 is 5.24. The lowest BCUT2D eigenvalue weighted by Crippen LogP contribution is -2.48. The van der Waals surface area contributed by atoms with Crippen LogP contribution in [0.15, 0.2) is 4.52 Å². The van der Waals surface area contributed by atoms with Gasteiger partial charge in [0, 0.05) is 18.4 Å². The molecular formula is C12H21N3O. The summed E-state index contributed by atoms with van der Waals surface area (Å²) >= 11 is 0. The molecule has 2 N–H and O–H groups in total. The molecule has 4 heteroatoms. The molecule has 0 atom stereocenters. The van der Waals surface area contributed by atoms with Crippen LogP contribution in [0.25, 0.3) is 0 Å². The molecule has 16 heavy (non-hydrogen) atoms. The van der Waals surface area contributed by atoms with Crippen LogP contribution >= 0.6 is 0 Å². The van der Waals surface area contributed by atoms with Crippen molar-refractivity contribution in [2.75, 3.05) is 0 Å². The zero-order chi connectivity index (χ0) is 11.8. The van der Waals surface area contributed by atoms with Gasteiger partial charge in [-0.05, 0) is 24.7 Å². The first-order valence-electron chi connectivity index (χ1n) is 5.97. The Bertz CT molecular complexity index is 361. The molecule has 1 aromatic rings. The number of nitrogens with zero attached hydrogens (tertiary/aromatic N) is 2. The number of nitrogens with two attached hydrogens (primary N) is 1. The normalized spacial score (nSPS) is 19.5. The average Bonchev–Trinajstić information content (AvgIpc) is 2.46. The van der Waals surface area contributed by atoms with E-state index in [-0.39, 0.29) is 11.0 Å². The quantitative estimate of drug-likeness (QED) is 0.852. The van der Waals surface area contributed by atoms with Crippen LogP contribution in [0.3, 0.4) is 0 Å². The van der Waals surface area contributed by atoms with Gasteiger partial charge in [-0.15, -0.1) is 0 Å². The molecule has 1 aromatic heterocycles. The van der Waals surface area contributed by atoms with E-state index in [1.165, 1.54) is 6.42 Å². The number of aromatic nitrogens is 2. The van der Waals surface area contributed by atoms with Crippen LogP contribution in [0.2, 0.25) is 0 Å². The first-order valence-corrected chi connectivity index (χ1v) is 5.97. The predicted octanol–water partition coefficient (Wildman–Crippen LogP) is 2.08. The molecule has 4 nitrogen and oxygen atoms in total. The monoisotopic (exact) mass is 223 g/mol. The predicted molar refractivity (Wildman–Crippen MR) is 61.9 cm³/mol. The highest BCUT2D eigenvalue weighted by molar-refractivity contribution is 5.01. The third-order valence-electron chi connectivity index (χ3n) is 3.05. The molecular weight excluding hydrogens is 202 g/mol. The Labute approximate surface area is 96.6 Å². The van der Waals surface area contributed by atoms with E-state index in [1.54, 1.807) is 0 Å². The molecule has 0 unspecified atom stereocenters. The molecule has 0 aliphatic heterocycles. The molecule has 0 spiro atoms. The van der Waals surface area contributed by atoms with Crippen LogP contribution < -0.4 is 5.73 Å². The van der Waals surface area contributed by atoms with Crippen molar-refractivity contribution in [2.24, 2.45) is 11.1 Å². The second-order valence-corrected chi connectivity index (χ2v) is 6.23. The van der Waals surface area contributed by atoms with Crippen molar-refractivity contribution in [2.45, 2.75) is 58.4 Å². The summed E-state index contributed by atoms with van der Waals surface area (Å²) in [5, 5.41) is 4.00. The first-order chi connectivity index (χ1) is 7.36. The number of hydrogen-bond donors (Lipinski definition) is 1. The van der Waals surface area contributed by atoms with Gasteiger partial charge in [-0.1, -0.05) is 25.9 Å². The molecule has 0 radical (unpaired) electrons. The Kier molecular flexibility index (Phi) is 2.78. The second-order valence-electron chi connectivity index (χ2n) is 6.23. The molecule has 1 heterocycles. The summed E-state index contributed by atoms with van der Waals surface area (Å²) in [5.41, 5.74) is 6.26. The van der Waals surface area contributed by atoms with Crippen molar-refractivity contribution in [1.82, 2.24) is 10.1 Å². The zero-order valence-corrected chi connectivity index (χ0v) is 10.4. The van der Waals surface area contributed by atoms with E-state index in [2.05, 4.69) is 30.9 Å². The molecule has 0 saturated heterocycles. The summed E-state index contributed by atoms with van der Waals surface area (Å²) in [7, 11) is 0. The van der Waals surface area contributed by atoms with E-state index < -0.39 is 0 Å².